The lowest BCUT2D eigenvalue weighted by Crippen LogP contribution is -2.44. The zero-order chi connectivity index (χ0) is 14.5. The number of para-hydroxylation sites is 1. The van der Waals surface area contributed by atoms with E-state index < -0.39 is 0 Å². The molecule has 0 spiro atoms. The van der Waals surface area contributed by atoms with Crippen LogP contribution in [0.25, 0.3) is 0 Å². The minimum atomic E-state index is -0.171. The van der Waals surface area contributed by atoms with Crippen LogP contribution < -0.4 is 5.32 Å². The quantitative estimate of drug-likeness (QED) is 0.925. The smallest absolute Gasteiger partial charge is 0.147 e. The summed E-state index contributed by atoms with van der Waals surface area (Å²) >= 11 is 0. The maximum absolute atomic E-state index is 13.6. The number of anilines is 1. The average Bonchev–Trinajstić information content (AvgIpc) is 2.52. The van der Waals surface area contributed by atoms with Crippen molar-refractivity contribution in [3.05, 3.63) is 30.1 Å². The van der Waals surface area contributed by atoms with Crippen molar-refractivity contribution in [1.82, 2.24) is 4.90 Å². The number of benzene rings is 1. The van der Waals surface area contributed by atoms with E-state index in [9.17, 15) is 4.39 Å². The van der Waals surface area contributed by atoms with Crippen LogP contribution >= 0.6 is 0 Å². The molecule has 0 unspecified atom stereocenters. The first-order chi connectivity index (χ1) is 10.3. The second-order valence-corrected chi connectivity index (χ2v) is 5.80. The van der Waals surface area contributed by atoms with Gasteiger partial charge in [-0.2, -0.15) is 0 Å². The van der Waals surface area contributed by atoms with Gasteiger partial charge in [0.15, 0.2) is 0 Å². The minimum absolute atomic E-state index is 0.171. The molecule has 1 atom stereocenters. The summed E-state index contributed by atoms with van der Waals surface area (Å²) in [5.74, 6) is -0.171. The molecule has 116 valence electrons. The van der Waals surface area contributed by atoms with Crippen molar-refractivity contribution >= 4 is 5.69 Å². The molecular weight excluding hydrogens is 271 g/mol. The number of halogens is 1. The molecule has 2 saturated heterocycles. The highest BCUT2D eigenvalue weighted by atomic mass is 19.1. The van der Waals surface area contributed by atoms with Crippen molar-refractivity contribution in [2.24, 2.45) is 0 Å². The van der Waals surface area contributed by atoms with Crippen molar-refractivity contribution in [1.29, 1.82) is 0 Å². The van der Waals surface area contributed by atoms with Crippen LogP contribution in [0.4, 0.5) is 10.1 Å². The highest BCUT2D eigenvalue weighted by Gasteiger charge is 2.23. The van der Waals surface area contributed by atoms with Gasteiger partial charge in [0.25, 0.3) is 0 Å². The molecule has 2 aliphatic rings. The second kappa shape index (κ2) is 7.20. The number of nitrogens with zero attached hydrogens (tertiary/aromatic N) is 1. The Morgan fingerprint density at radius 3 is 2.71 bits per heavy atom. The van der Waals surface area contributed by atoms with Crippen LogP contribution in [-0.2, 0) is 9.47 Å². The van der Waals surface area contributed by atoms with E-state index in [1.807, 2.05) is 6.07 Å². The van der Waals surface area contributed by atoms with Crippen LogP contribution in [0.3, 0.4) is 0 Å². The van der Waals surface area contributed by atoms with Gasteiger partial charge in [0.1, 0.15) is 12.6 Å². The standard InChI is InChI=1S/C16H23FN2O2/c17-15-3-1-2-4-16(15)18-13-5-8-19(9-6-13)11-14-7-10-20-12-21-14/h1-4,13-14,18H,5-12H2/t14-/m0/s1. The molecule has 2 aliphatic heterocycles. The molecule has 1 N–H and O–H groups in total. The van der Waals surface area contributed by atoms with Crippen LogP contribution in [0.5, 0.6) is 0 Å². The summed E-state index contributed by atoms with van der Waals surface area (Å²) in [7, 11) is 0. The number of ether oxygens (including phenoxy) is 2. The molecule has 0 aromatic heterocycles. The Hall–Kier alpha value is -1.17. The van der Waals surface area contributed by atoms with E-state index in [2.05, 4.69) is 10.2 Å². The molecule has 21 heavy (non-hydrogen) atoms. The Kier molecular flexibility index (Phi) is 5.06. The molecule has 2 fully saturated rings. The summed E-state index contributed by atoms with van der Waals surface area (Å²) in [5.41, 5.74) is 0.615. The first-order valence-electron chi connectivity index (χ1n) is 7.74. The molecule has 0 aliphatic carbocycles. The predicted molar refractivity (Wildman–Crippen MR) is 79.8 cm³/mol. The molecule has 0 saturated carbocycles. The van der Waals surface area contributed by atoms with Crippen molar-refractivity contribution in [3.63, 3.8) is 0 Å². The van der Waals surface area contributed by atoms with Crippen LogP contribution in [0.2, 0.25) is 0 Å². The Morgan fingerprint density at radius 2 is 2.00 bits per heavy atom. The van der Waals surface area contributed by atoms with Gasteiger partial charge in [0.2, 0.25) is 0 Å². The molecule has 5 heteroatoms. The molecule has 0 radical (unpaired) electrons. The van der Waals surface area contributed by atoms with E-state index in [4.69, 9.17) is 9.47 Å². The van der Waals surface area contributed by atoms with E-state index in [0.29, 0.717) is 24.6 Å². The molecule has 4 nitrogen and oxygen atoms in total. The van der Waals surface area contributed by atoms with Crippen molar-refractivity contribution in [2.45, 2.75) is 31.4 Å². The molecule has 0 bridgehead atoms. The molecule has 0 amide bonds. The van der Waals surface area contributed by atoms with Gasteiger partial charge in [-0.1, -0.05) is 12.1 Å². The Balaban J connectivity index is 1.43. The monoisotopic (exact) mass is 294 g/mol. The fraction of sp³-hybridized carbons (Fsp3) is 0.625. The van der Waals surface area contributed by atoms with E-state index in [1.54, 1.807) is 12.1 Å². The number of hydrogen-bond acceptors (Lipinski definition) is 4. The summed E-state index contributed by atoms with van der Waals surface area (Å²) in [6.45, 7) is 4.28. The topological polar surface area (TPSA) is 33.7 Å². The van der Waals surface area contributed by atoms with Crippen LogP contribution in [-0.4, -0.2) is 50.1 Å². The zero-order valence-electron chi connectivity index (χ0n) is 12.3. The first kappa shape index (κ1) is 14.8. The summed E-state index contributed by atoms with van der Waals surface area (Å²) in [5, 5.41) is 3.32. The Labute approximate surface area is 125 Å². The number of likely N-dealkylation sites (tertiary alicyclic amines) is 1. The highest BCUT2D eigenvalue weighted by molar-refractivity contribution is 5.45. The number of hydrogen-bond donors (Lipinski definition) is 1. The number of piperidine rings is 1. The van der Waals surface area contributed by atoms with Crippen LogP contribution in [0.15, 0.2) is 24.3 Å². The Bertz CT molecular complexity index is 444. The molecule has 1 aromatic rings. The minimum Gasteiger partial charge on any atom is -0.380 e. The molecule has 3 rings (SSSR count). The maximum atomic E-state index is 13.6. The largest absolute Gasteiger partial charge is 0.380 e. The summed E-state index contributed by atoms with van der Waals surface area (Å²) < 4.78 is 24.4. The van der Waals surface area contributed by atoms with Crippen molar-refractivity contribution in [3.8, 4) is 0 Å². The van der Waals surface area contributed by atoms with Gasteiger partial charge in [-0.15, -0.1) is 0 Å². The van der Waals surface area contributed by atoms with Gasteiger partial charge < -0.3 is 19.7 Å². The van der Waals surface area contributed by atoms with Crippen LogP contribution in [0.1, 0.15) is 19.3 Å². The fourth-order valence-corrected chi connectivity index (χ4v) is 2.99. The second-order valence-electron chi connectivity index (χ2n) is 5.80. The third kappa shape index (κ3) is 4.15. The summed E-state index contributed by atoms with van der Waals surface area (Å²) in [4.78, 5) is 2.44. The summed E-state index contributed by atoms with van der Waals surface area (Å²) in [6, 6.07) is 7.24. The third-order valence-corrected chi connectivity index (χ3v) is 4.25. The molecule has 2 heterocycles. The van der Waals surface area contributed by atoms with Gasteiger partial charge in [-0.25, -0.2) is 4.39 Å². The summed E-state index contributed by atoms with van der Waals surface area (Å²) in [6.07, 6.45) is 3.36. The Morgan fingerprint density at radius 1 is 1.19 bits per heavy atom. The maximum Gasteiger partial charge on any atom is 0.147 e. The predicted octanol–water partition coefficient (Wildman–Crippen LogP) is 2.47. The number of nitrogens with one attached hydrogen (secondary N) is 1. The van der Waals surface area contributed by atoms with Crippen LogP contribution in [0, 0.1) is 5.82 Å². The third-order valence-electron chi connectivity index (χ3n) is 4.25. The SMILES string of the molecule is Fc1ccccc1NC1CCN(C[C@@H]2CCOCO2)CC1. The van der Waals surface area contributed by atoms with E-state index >= 15 is 0 Å². The first-order valence-corrected chi connectivity index (χ1v) is 7.74. The highest BCUT2D eigenvalue weighted by Crippen LogP contribution is 2.20. The normalized spacial score (nSPS) is 24.9. The number of rotatable bonds is 4. The fourth-order valence-electron chi connectivity index (χ4n) is 2.99. The van der Waals surface area contributed by atoms with Gasteiger partial charge in [-0.05, 0) is 31.4 Å². The lowest BCUT2D eigenvalue weighted by atomic mass is 10.0. The van der Waals surface area contributed by atoms with E-state index in [1.165, 1.54) is 6.07 Å². The van der Waals surface area contributed by atoms with Gasteiger partial charge in [-0.3, -0.25) is 0 Å². The van der Waals surface area contributed by atoms with E-state index in [-0.39, 0.29) is 5.82 Å². The average molecular weight is 294 g/mol. The van der Waals surface area contributed by atoms with Gasteiger partial charge in [0.05, 0.1) is 18.4 Å². The van der Waals surface area contributed by atoms with Gasteiger partial charge >= 0.3 is 0 Å². The lowest BCUT2D eigenvalue weighted by molar-refractivity contribution is -0.145. The van der Waals surface area contributed by atoms with E-state index in [0.717, 1.165) is 45.5 Å². The molecular formula is C16H23FN2O2. The lowest BCUT2D eigenvalue weighted by Gasteiger charge is -2.35. The molecule has 1 aromatic carbocycles. The van der Waals surface area contributed by atoms with Crippen molar-refractivity contribution < 1.29 is 13.9 Å². The zero-order valence-corrected chi connectivity index (χ0v) is 12.3. The van der Waals surface area contributed by atoms with Crippen molar-refractivity contribution in [2.75, 3.05) is 38.4 Å². The van der Waals surface area contributed by atoms with Gasteiger partial charge in [0, 0.05) is 25.7 Å².